The molecule has 0 saturated carbocycles. The third-order valence-corrected chi connectivity index (χ3v) is 3.72. The van der Waals surface area contributed by atoms with E-state index in [-0.39, 0.29) is 12.0 Å². The Balaban J connectivity index is 0.000000352. The Morgan fingerprint density at radius 3 is 2.73 bits per heavy atom. The summed E-state index contributed by atoms with van der Waals surface area (Å²) in [5.41, 5.74) is 0.536. The van der Waals surface area contributed by atoms with Gasteiger partial charge in [0, 0.05) is 26.2 Å². The van der Waals surface area contributed by atoms with E-state index in [1.807, 2.05) is 0 Å². The molecule has 1 unspecified atom stereocenters. The Bertz CT molecular complexity index is 708. The maximum absolute atomic E-state index is 12.2. The van der Waals surface area contributed by atoms with Crippen molar-refractivity contribution in [3.8, 4) is 5.88 Å². The molecule has 0 bridgehead atoms. The van der Waals surface area contributed by atoms with Crippen molar-refractivity contribution in [2.75, 3.05) is 26.7 Å². The van der Waals surface area contributed by atoms with E-state index in [4.69, 9.17) is 24.5 Å². The summed E-state index contributed by atoms with van der Waals surface area (Å²) in [5.74, 6) is -2.93. The SMILES string of the molecule is CN1CC(CCC2=NCCN2)Oc2ncccc2C1=O.O=C([O-])C(=O)[O-]. The highest BCUT2D eigenvalue weighted by atomic mass is 16.5. The number of pyridine rings is 1. The van der Waals surface area contributed by atoms with E-state index in [1.54, 1.807) is 30.3 Å². The standard InChI is InChI=1S/C14H18N4O2.C2H2O4/c1-18-9-10(4-5-12-15-7-8-16-12)20-13-11(14(18)19)3-2-6-17-13;3-1(4)2(5)6/h2-3,6,10H,4-5,7-9H2,1H3,(H,15,16);(H,3,4)(H,5,6)/p-2. The van der Waals surface area contributed by atoms with Crippen LogP contribution < -0.4 is 20.3 Å². The van der Waals surface area contributed by atoms with Crippen molar-refractivity contribution in [1.82, 2.24) is 15.2 Å². The summed E-state index contributed by atoms with van der Waals surface area (Å²) in [5, 5.41) is 21.1. The number of rotatable bonds is 3. The summed E-state index contributed by atoms with van der Waals surface area (Å²) in [6, 6.07) is 3.51. The molecule has 0 radical (unpaired) electrons. The molecule has 10 nitrogen and oxygen atoms in total. The number of carbonyl (C=O) groups excluding carboxylic acids is 3. The number of ether oxygens (including phenoxy) is 1. The first-order valence-corrected chi connectivity index (χ1v) is 7.95. The van der Waals surface area contributed by atoms with Crippen LogP contribution in [0.4, 0.5) is 0 Å². The third kappa shape index (κ3) is 5.16. The van der Waals surface area contributed by atoms with Gasteiger partial charge in [-0.3, -0.25) is 9.79 Å². The first-order chi connectivity index (χ1) is 12.4. The van der Waals surface area contributed by atoms with Crippen LogP contribution in [0.15, 0.2) is 23.3 Å². The molecule has 10 heteroatoms. The lowest BCUT2D eigenvalue weighted by Gasteiger charge is -2.20. The zero-order valence-electron chi connectivity index (χ0n) is 14.1. The average molecular weight is 362 g/mol. The van der Waals surface area contributed by atoms with Gasteiger partial charge in [0.25, 0.3) is 5.91 Å². The number of aliphatic imine (C=N–C) groups is 1. The van der Waals surface area contributed by atoms with Crippen LogP contribution in [0, 0.1) is 0 Å². The van der Waals surface area contributed by atoms with Crippen LogP contribution in [-0.4, -0.2) is 66.4 Å². The van der Waals surface area contributed by atoms with E-state index in [0.717, 1.165) is 31.8 Å². The maximum atomic E-state index is 12.2. The topological polar surface area (TPSA) is 147 Å². The predicted molar refractivity (Wildman–Crippen MR) is 85.2 cm³/mol. The molecule has 3 rings (SSSR count). The van der Waals surface area contributed by atoms with Gasteiger partial charge >= 0.3 is 0 Å². The molecular formula is C16H18N4O6-2. The van der Waals surface area contributed by atoms with Crippen molar-refractivity contribution in [1.29, 1.82) is 0 Å². The fourth-order valence-corrected chi connectivity index (χ4v) is 2.50. The number of carboxylic acid groups (broad SMARTS) is 2. The molecule has 2 aliphatic heterocycles. The van der Waals surface area contributed by atoms with E-state index in [0.29, 0.717) is 18.0 Å². The van der Waals surface area contributed by atoms with E-state index < -0.39 is 11.9 Å². The van der Waals surface area contributed by atoms with E-state index in [1.165, 1.54) is 0 Å². The molecule has 1 N–H and O–H groups in total. The second-order valence-corrected chi connectivity index (χ2v) is 5.65. The van der Waals surface area contributed by atoms with Crippen molar-refractivity contribution in [3.05, 3.63) is 23.9 Å². The molecule has 1 atom stereocenters. The smallest absolute Gasteiger partial charge is 0.259 e. The highest BCUT2D eigenvalue weighted by Gasteiger charge is 2.27. The van der Waals surface area contributed by atoms with E-state index >= 15 is 0 Å². The van der Waals surface area contributed by atoms with Gasteiger partial charge in [0.1, 0.15) is 11.7 Å². The summed E-state index contributed by atoms with van der Waals surface area (Å²) in [7, 11) is 1.80. The highest BCUT2D eigenvalue weighted by Crippen LogP contribution is 2.23. The maximum Gasteiger partial charge on any atom is 0.259 e. The normalized spacial score (nSPS) is 18.3. The van der Waals surface area contributed by atoms with E-state index in [9.17, 15) is 4.79 Å². The zero-order valence-corrected chi connectivity index (χ0v) is 14.1. The fourth-order valence-electron chi connectivity index (χ4n) is 2.50. The van der Waals surface area contributed by atoms with Gasteiger partial charge in [0.05, 0.1) is 30.9 Å². The molecule has 0 aromatic carbocycles. The Hall–Kier alpha value is -3.17. The quantitative estimate of drug-likeness (QED) is 0.566. The third-order valence-electron chi connectivity index (χ3n) is 3.72. The number of fused-ring (bicyclic) bond motifs is 1. The van der Waals surface area contributed by atoms with Crippen molar-refractivity contribution in [3.63, 3.8) is 0 Å². The summed E-state index contributed by atoms with van der Waals surface area (Å²) >= 11 is 0. The number of nitrogens with zero attached hydrogens (tertiary/aromatic N) is 3. The summed E-state index contributed by atoms with van der Waals surface area (Å²) in [4.78, 5) is 40.3. The number of amidine groups is 1. The number of nitrogens with one attached hydrogen (secondary N) is 1. The lowest BCUT2D eigenvalue weighted by atomic mass is 10.1. The van der Waals surface area contributed by atoms with E-state index in [2.05, 4.69) is 15.3 Å². The Morgan fingerprint density at radius 1 is 1.38 bits per heavy atom. The Labute approximate surface area is 149 Å². The molecule has 1 aromatic rings. The lowest BCUT2D eigenvalue weighted by molar-refractivity contribution is -0.345. The summed E-state index contributed by atoms with van der Waals surface area (Å²) < 4.78 is 5.90. The molecule has 1 aromatic heterocycles. The number of likely N-dealkylation sites (N-methyl/N-ethyl adjacent to an activating group) is 1. The van der Waals surface area contributed by atoms with Crippen molar-refractivity contribution in [2.24, 2.45) is 4.99 Å². The second-order valence-electron chi connectivity index (χ2n) is 5.65. The Morgan fingerprint density at radius 2 is 2.12 bits per heavy atom. The number of carboxylic acids is 2. The molecule has 2 aliphatic rings. The number of aliphatic carboxylic acids is 2. The van der Waals surface area contributed by atoms with Crippen LogP contribution in [0.25, 0.3) is 0 Å². The number of amides is 1. The van der Waals surface area contributed by atoms with Gasteiger partial charge in [-0.25, -0.2) is 4.98 Å². The summed E-state index contributed by atoms with van der Waals surface area (Å²) in [6.45, 7) is 2.34. The molecule has 140 valence electrons. The number of aromatic nitrogens is 1. The van der Waals surface area contributed by atoms with Gasteiger partial charge < -0.3 is 34.8 Å². The number of hydrogen-bond donors (Lipinski definition) is 1. The predicted octanol–water partition coefficient (Wildman–Crippen LogP) is -2.82. The highest BCUT2D eigenvalue weighted by molar-refractivity contribution is 6.25. The zero-order chi connectivity index (χ0) is 19.1. The van der Waals surface area contributed by atoms with Crippen LogP contribution in [-0.2, 0) is 9.59 Å². The van der Waals surface area contributed by atoms with Gasteiger partial charge in [0.15, 0.2) is 0 Å². The molecule has 0 aliphatic carbocycles. The van der Waals surface area contributed by atoms with Crippen LogP contribution in [0.2, 0.25) is 0 Å². The summed E-state index contributed by atoms with van der Waals surface area (Å²) in [6.07, 6.45) is 3.26. The lowest BCUT2D eigenvalue weighted by Crippen LogP contribution is -2.42. The van der Waals surface area contributed by atoms with Gasteiger partial charge in [-0.2, -0.15) is 0 Å². The largest absolute Gasteiger partial charge is 0.543 e. The van der Waals surface area contributed by atoms with Gasteiger partial charge in [-0.1, -0.05) is 0 Å². The molecule has 26 heavy (non-hydrogen) atoms. The van der Waals surface area contributed by atoms with Crippen molar-refractivity contribution < 1.29 is 29.3 Å². The molecular weight excluding hydrogens is 344 g/mol. The van der Waals surface area contributed by atoms with Gasteiger partial charge in [-0.15, -0.1) is 0 Å². The molecule has 0 fully saturated rings. The average Bonchev–Trinajstić information content (AvgIpc) is 3.09. The first-order valence-electron chi connectivity index (χ1n) is 7.95. The van der Waals surface area contributed by atoms with Gasteiger partial charge in [-0.05, 0) is 18.6 Å². The minimum atomic E-state index is -2.19. The Kier molecular flexibility index (Phi) is 6.48. The molecule has 3 heterocycles. The molecule has 0 spiro atoms. The van der Waals surface area contributed by atoms with Crippen molar-refractivity contribution in [2.45, 2.75) is 18.9 Å². The number of carbonyl (C=O) groups is 3. The minimum absolute atomic E-state index is 0.0352. The van der Waals surface area contributed by atoms with Gasteiger partial charge in [0.2, 0.25) is 5.88 Å². The molecule has 0 saturated heterocycles. The van der Waals surface area contributed by atoms with Crippen LogP contribution in [0.5, 0.6) is 5.88 Å². The molecule has 1 amide bonds. The first kappa shape index (κ1) is 19.2. The number of hydrogen-bond acceptors (Lipinski definition) is 9. The van der Waals surface area contributed by atoms with Crippen molar-refractivity contribution >= 4 is 23.7 Å². The fraction of sp³-hybridized carbons (Fsp3) is 0.438. The van der Waals surface area contributed by atoms with Crippen LogP contribution >= 0.6 is 0 Å². The second kappa shape index (κ2) is 8.79. The minimum Gasteiger partial charge on any atom is -0.543 e. The van der Waals surface area contributed by atoms with Crippen LogP contribution in [0.1, 0.15) is 23.2 Å². The monoisotopic (exact) mass is 362 g/mol. The van der Waals surface area contributed by atoms with Crippen LogP contribution in [0.3, 0.4) is 0 Å².